The lowest BCUT2D eigenvalue weighted by Gasteiger charge is -2.13. The zero-order chi connectivity index (χ0) is 17.3. The predicted molar refractivity (Wildman–Crippen MR) is 88.0 cm³/mol. The smallest absolute Gasteiger partial charge is 0.375 e. The molecule has 0 spiro atoms. The molecule has 3 aromatic rings. The van der Waals surface area contributed by atoms with Crippen molar-refractivity contribution in [1.82, 2.24) is 9.55 Å². The molecule has 0 aliphatic heterocycles. The van der Waals surface area contributed by atoms with E-state index in [1.807, 2.05) is 0 Å². The molecule has 0 bridgehead atoms. The average Bonchev–Trinajstić information content (AvgIpc) is 2.58. The van der Waals surface area contributed by atoms with E-state index in [0.717, 1.165) is 4.57 Å². The van der Waals surface area contributed by atoms with Crippen molar-refractivity contribution in [2.45, 2.75) is 13.8 Å². The summed E-state index contributed by atoms with van der Waals surface area (Å²) in [5, 5.41) is 0.339. The molecule has 0 saturated heterocycles. The van der Waals surface area contributed by atoms with Crippen molar-refractivity contribution in [2.75, 3.05) is 6.61 Å². The third kappa shape index (κ3) is 2.67. The molecule has 0 aliphatic carbocycles. The summed E-state index contributed by atoms with van der Waals surface area (Å²) in [6.07, 6.45) is 0. The molecule has 5 nitrogen and oxygen atoms in total. The molecule has 0 unspecified atom stereocenters. The van der Waals surface area contributed by atoms with Crippen LogP contribution in [0.2, 0.25) is 0 Å². The lowest BCUT2D eigenvalue weighted by atomic mass is 10.2. The van der Waals surface area contributed by atoms with Gasteiger partial charge < -0.3 is 4.74 Å². The van der Waals surface area contributed by atoms with Crippen molar-refractivity contribution in [2.24, 2.45) is 0 Å². The van der Waals surface area contributed by atoms with E-state index in [0.29, 0.717) is 16.5 Å². The number of carbonyl (C=O) groups excluding carboxylic acids is 1. The Morgan fingerprint density at radius 3 is 2.71 bits per heavy atom. The van der Waals surface area contributed by atoms with Crippen molar-refractivity contribution in [3.8, 4) is 5.69 Å². The number of aryl methyl sites for hydroxylation is 1. The summed E-state index contributed by atoms with van der Waals surface area (Å²) in [7, 11) is 0. The summed E-state index contributed by atoms with van der Waals surface area (Å²) >= 11 is 0. The first-order valence-corrected chi connectivity index (χ1v) is 7.48. The Balaban J connectivity index is 2.36. The fourth-order valence-corrected chi connectivity index (χ4v) is 2.43. The Hall–Kier alpha value is -3.02. The van der Waals surface area contributed by atoms with E-state index in [2.05, 4.69) is 4.98 Å². The van der Waals surface area contributed by atoms with E-state index in [9.17, 15) is 14.0 Å². The maximum absolute atomic E-state index is 13.9. The van der Waals surface area contributed by atoms with Crippen LogP contribution in [0, 0.1) is 12.7 Å². The second kappa shape index (κ2) is 6.23. The van der Waals surface area contributed by atoms with Crippen LogP contribution in [0.15, 0.2) is 47.3 Å². The number of hydrogen-bond donors (Lipinski definition) is 0. The number of fused-ring (bicyclic) bond motifs is 1. The SMILES string of the molecule is CCOC(=O)c1nc2ccccc2c(=O)n1-c1ccc(C)c(F)c1. The van der Waals surface area contributed by atoms with Crippen LogP contribution >= 0.6 is 0 Å². The maximum Gasteiger partial charge on any atom is 0.375 e. The molecule has 1 heterocycles. The molecule has 0 aliphatic rings. The van der Waals surface area contributed by atoms with Gasteiger partial charge in [-0.1, -0.05) is 18.2 Å². The van der Waals surface area contributed by atoms with Gasteiger partial charge in [0, 0.05) is 0 Å². The first-order valence-electron chi connectivity index (χ1n) is 7.48. The van der Waals surface area contributed by atoms with Crippen molar-refractivity contribution in [3.05, 3.63) is 70.0 Å². The molecular weight excluding hydrogens is 311 g/mol. The summed E-state index contributed by atoms with van der Waals surface area (Å²) in [6, 6.07) is 11.0. The van der Waals surface area contributed by atoms with Crippen LogP contribution in [0.5, 0.6) is 0 Å². The lowest BCUT2D eigenvalue weighted by molar-refractivity contribution is 0.0508. The van der Waals surface area contributed by atoms with Gasteiger partial charge in [-0.2, -0.15) is 0 Å². The molecule has 0 radical (unpaired) electrons. The van der Waals surface area contributed by atoms with Crippen molar-refractivity contribution in [3.63, 3.8) is 0 Å². The molecule has 0 N–H and O–H groups in total. The molecule has 6 heteroatoms. The predicted octanol–water partition coefficient (Wildman–Crippen LogP) is 3.01. The van der Waals surface area contributed by atoms with Gasteiger partial charge in [0.25, 0.3) is 5.56 Å². The van der Waals surface area contributed by atoms with E-state index in [-0.39, 0.29) is 18.1 Å². The number of nitrogens with zero attached hydrogens (tertiary/aromatic N) is 2. The topological polar surface area (TPSA) is 61.2 Å². The number of para-hydroxylation sites is 1. The van der Waals surface area contributed by atoms with E-state index < -0.39 is 17.3 Å². The Kier molecular flexibility index (Phi) is 4.12. The summed E-state index contributed by atoms with van der Waals surface area (Å²) in [5.41, 5.74) is 0.601. The van der Waals surface area contributed by atoms with Gasteiger partial charge in [0.15, 0.2) is 0 Å². The Labute approximate surface area is 137 Å². The van der Waals surface area contributed by atoms with Crippen LogP contribution in [0.25, 0.3) is 16.6 Å². The monoisotopic (exact) mass is 326 g/mol. The van der Waals surface area contributed by atoms with Gasteiger partial charge in [0.2, 0.25) is 5.82 Å². The zero-order valence-corrected chi connectivity index (χ0v) is 13.2. The van der Waals surface area contributed by atoms with Gasteiger partial charge in [-0.15, -0.1) is 0 Å². The lowest BCUT2D eigenvalue weighted by Crippen LogP contribution is -2.27. The Morgan fingerprint density at radius 2 is 2.00 bits per heavy atom. The third-order valence-corrected chi connectivity index (χ3v) is 3.65. The van der Waals surface area contributed by atoms with Crippen LogP contribution < -0.4 is 5.56 Å². The number of ether oxygens (including phenoxy) is 1. The highest BCUT2D eigenvalue weighted by Crippen LogP contribution is 2.16. The van der Waals surface area contributed by atoms with Crippen LogP contribution in [-0.4, -0.2) is 22.1 Å². The van der Waals surface area contributed by atoms with E-state index in [1.54, 1.807) is 50.2 Å². The van der Waals surface area contributed by atoms with Crippen molar-refractivity contribution < 1.29 is 13.9 Å². The summed E-state index contributed by atoms with van der Waals surface area (Å²) in [4.78, 5) is 29.3. The van der Waals surface area contributed by atoms with Crippen molar-refractivity contribution >= 4 is 16.9 Å². The number of esters is 1. The highest BCUT2D eigenvalue weighted by molar-refractivity contribution is 5.89. The third-order valence-electron chi connectivity index (χ3n) is 3.65. The minimum Gasteiger partial charge on any atom is -0.460 e. The largest absolute Gasteiger partial charge is 0.460 e. The summed E-state index contributed by atoms with van der Waals surface area (Å²) < 4.78 is 20.0. The highest BCUT2D eigenvalue weighted by atomic mass is 19.1. The molecule has 0 fully saturated rings. The second-order valence-electron chi connectivity index (χ2n) is 5.25. The first kappa shape index (κ1) is 15.9. The van der Waals surface area contributed by atoms with Gasteiger partial charge in [-0.3, -0.25) is 9.36 Å². The second-order valence-corrected chi connectivity index (χ2v) is 5.25. The molecule has 122 valence electrons. The van der Waals surface area contributed by atoms with Crippen molar-refractivity contribution in [1.29, 1.82) is 0 Å². The van der Waals surface area contributed by atoms with Gasteiger partial charge in [0.1, 0.15) is 5.82 Å². The molecule has 3 rings (SSSR count). The minimum absolute atomic E-state index is 0.143. The number of aromatic nitrogens is 2. The standard InChI is InChI=1S/C18H15FN2O3/c1-3-24-18(23)16-20-15-7-5-4-6-13(15)17(22)21(16)12-9-8-11(2)14(19)10-12/h4-10H,3H2,1-2H3. The zero-order valence-electron chi connectivity index (χ0n) is 13.2. The molecule has 24 heavy (non-hydrogen) atoms. The minimum atomic E-state index is -0.735. The summed E-state index contributed by atoms with van der Waals surface area (Å²) in [6.45, 7) is 3.42. The molecule has 0 amide bonds. The van der Waals surface area contributed by atoms with Gasteiger partial charge in [-0.25, -0.2) is 14.2 Å². The van der Waals surface area contributed by atoms with E-state index in [4.69, 9.17) is 4.74 Å². The number of benzene rings is 2. The average molecular weight is 326 g/mol. The fourth-order valence-electron chi connectivity index (χ4n) is 2.43. The molecule has 2 aromatic carbocycles. The van der Waals surface area contributed by atoms with Gasteiger partial charge in [-0.05, 0) is 43.7 Å². The van der Waals surface area contributed by atoms with Crippen LogP contribution in [-0.2, 0) is 4.74 Å². The number of halogens is 1. The molecule has 0 saturated carbocycles. The van der Waals surface area contributed by atoms with Gasteiger partial charge >= 0.3 is 5.97 Å². The number of hydrogen-bond acceptors (Lipinski definition) is 4. The highest BCUT2D eigenvalue weighted by Gasteiger charge is 2.20. The van der Waals surface area contributed by atoms with E-state index in [1.165, 1.54) is 6.07 Å². The molecular formula is C18H15FN2O3. The quantitative estimate of drug-likeness (QED) is 0.694. The molecule has 0 atom stereocenters. The normalized spacial score (nSPS) is 10.8. The molecule has 1 aromatic heterocycles. The Morgan fingerprint density at radius 1 is 1.25 bits per heavy atom. The van der Waals surface area contributed by atoms with Crippen LogP contribution in [0.4, 0.5) is 4.39 Å². The first-order chi connectivity index (χ1) is 11.5. The van der Waals surface area contributed by atoms with Crippen LogP contribution in [0.1, 0.15) is 23.1 Å². The Bertz CT molecular complexity index is 995. The van der Waals surface area contributed by atoms with Gasteiger partial charge in [0.05, 0.1) is 23.2 Å². The summed E-state index contributed by atoms with van der Waals surface area (Å²) in [5.74, 6) is -1.38. The van der Waals surface area contributed by atoms with E-state index >= 15 is 0 Å². The number of carbonyl (C=O) groups is 1. The number of rotatable bonds is 3. The maximum atomic E-state index is 13.9. The van der Waals surface area contributed by atoms with Crippen LogP contribution in [0.3, 0.4) is 0 Å². The fraction of sp³-hybridized carbons (Fsp3) is 0.167.